The van der Waals surface area contributed by atoms with Crippen molar-refractivity contribution >= 4 is 40.4 Å². The van der Waals surface area contributed by atoms with Gasteiger partial charge in [0.1, 0.15) is 11.5 Å². The van der Waals surface area contributed by atoms with Crippen LogP contribution in [0.4, 0.5) is 11.4 Å². The Morgan fingerprint density at radius 1 is 1.04 bits per heavy atom. The minimum atomic E-state index is -0.119. The number of hydrogen-bond donors (Lipinski definition) is 1. The minimum Gasteiger partial charge on any atom is -0.367 e. The van der Waals surface area contributed by atoms with Crippen LogP contribution in [-0.4, -0.2) is 45.8 Å². The topological polar surface area (TPSA) is 69.5 Å². The number of nitrogens with zero attached hydrogens (tertiary/aromatic N) is 5. The number of hydrogen-bond acceptors (Lipinski definition) is 5. The molecule has 0 atom stereocenters. The Kier molecular flexibility index (Phi) is 4.28. The third kappa shape index (κ3) is 2.91. The summed E-state index contributed by atoms with van der Waals surface area (Å²) < 4.78 is 1.40. The molecule has 1 aliphatic rings. The molecule has 1 N–H and O–H groups in total. The van der Waals surface area contributed by atoms with Crippen molar-refractivity contribution in [2.45, 2.75) is 13.8 Å². The average Bonchev–Trinajstić information content (AvgIpc) is 2.96. The van der Waals surface area contributed by atoms with Gasteiger partial charge in [0.15, 0.2) is 0 Å². The molecule has 7 nitrogen and oxygen atoms in total. The Hall–Kier alpha value is -2.25. The second-order valence-corrected chi connectivity index (χ2v) is 7.21. The van der Waals surface area contributed by atoms with Gasteiger partial charge in [-0.25, -0.2) is 4.98 Å². The molecule has 26 heavy (non-hydrogen) atoms. The molecule has 2 aromatic heterocycles. The van der Waals surface area contributed by atoms with E-state index >= 15 is 0 Å². The number of benzene rings is 1. The zero-order chi connectivity index (χ0) is 18.4. The van der Waals surface area contributed by atoms with Crippen LogP contribution >= 0.6 is 23.2 Å². The maximum Gasteiger partial charge on any atom is 0.297 e. The maximum atomic E-state index is 12.9. The van der Waals surface area contributed by atoms with E-state index in [1.165, 1.54) is 4.52 Å². The number of fused-ring (bicyclic) bond motifs is 1. The van der Waals surface area contributed by atoms with Crippen LogP contribution in [0.25, 0.3) is 5.78 Å². The van der Waals surface area contributed by atoms with Gasteiger partial charge < -0.3 is 9.80 Å². The first-order chi connectivity index (χ1) is 12.4. The quantitative estimate of drug-likeness (QED) is 0.725. The fourth-order valence-electron chi connectivity index (χ4n) is 3.39. The Bertz CT molecular complexity index is 1040. The zero-order valence-electron chi connectivity index (χ0n) is 14.5. The minimum absolute atomic E-state index is 0.119. The first-order valence-corrected chi connectivity index (χ1v) is 9.10. The van der Waals surface area contributed by atoms with Gasteiger partial charge in [-0.1, -0.05) is 23.2 Å². The Morgan fingerprint density at radius 2 is 1.73 bits per heavy atom. The van der Waals surface area contributed by atoms with Gasteiger partial charge in [-0.15, -0.1) is 0 Å². The third-order valence-electron chi connectivity index (χ3n) is 4.60. The van der Waals surface area contributed by atoms with Crippen molar-refractivity contribution in [2.75, 3.05) is 36.0 Å². The lowest BCUT2D eigenvalue weighted by molar-refractivity contribution is 0.646. The molecular formula is C17H18Cl2N6O. The number of H-pyrrole nitrogens is 1. The van der Waals surface area contributed by atoms with Crippen LogP contribution in [0, 0.1) is 13.8 Å². The molecule has 136 valence electrons. The van der Waals surface area contributed by atoms with Crippen LogP contribution in [0.2, 0.25) is 10.0 Å². The molecule has 0 aliphatic carbocycles. The molecule has 0 unspecified atom stereocenters. The van der Waals surface area contributed by atoms with E-state index in [9.17, 15) is 4.79 Å². The molecule has 4 rings (SSSR count). The van der Waals surface area contributed by atoms with Crippen molar-refractivity contribution in [3.63, 3.8) is 0 Å². The van der Waals surface area contributed by atoms with Crippen molar-refractivity contribution < 1.29 is 0 Å². The fourth-order valence-corrected chi connectivity index (χ4v) is 3.92. The van der Waals surface area contributed by atoms with Crippen molar-refractivity contribution in [3.05, 3.63) is 50.1 Å². The van der Waals surface area contributed by atoms with E-state index in [1.807, 2.05) is 19.1 Å². The summed E-state index contributed by atoms with van der Waals surface area (Å²) in [4.78, 5) is 25.8. The second kappa shape index (κ2) is 6.48. The highest BCUT2D eigenvalue weighted by Crippen LogP contribution is 2.30. The molecule has 3 aromatic rings. The van der Waals surface area contributed by atoms with E-state index in [-0.39, 0.29) is 5.56 Å². The summed E-state index contributed by atoms with van der Waals surface area (Å²) in [5, 5.41) is 4.20. The standard InChI is InChI=1S/C17H18Cl2N6O/c1-10-15(16(26)25-17(20-10)21-11(2)22-25)24-7-5-23(6-8-24)14-4-3-12(18)9-13(14)19/h3-4,9H,5-8H2,1-2H3,(H,20,21,22). The van der Waals surface area contributed by atoms with Crippen LogP contribution < -0.4 is 15.4 Å². The van der Waals surface area contributed by atoms with Gasteiger partial charge in [0, 0.05) is 31.2 Å². The van der Waals surface area contributed by atoms with Crippen LogP contribution in [0.15, 0.2) is 23.0 Å². The summed E-state index contributed by atoms with van der Waals surface area (Å²) in [6.45, 7) is 6.57. The Balaban J connectivity index is 1.60. The highest BCUT2D eigenvalue weighted by atomic mass is 35.5. The summed E-state index contributed by atoms with van der Waals surface area (Å²) in [6.07, 6.45) is 0. The summed E-state index contributed by atoms with van der Waals surface area (Å²) in [5.74, 6) is 1.06. The SMILES string of the molecule is Cc1nc2nc(C)c(N3CCN(c4ccc(Cl)cc4Cl)CC3)c(=O)n2[nH]1. The summed E-state index contributed by atoms with van der Waals surface area (Å²) in [5.41, 5.74) is 2.15. The average molecular weight is 393 g/mol. The van der Waals surface area contributed by atoms with Gasteiger partial charge in [-0.2, -0.15) is 9.50 Å². The number of rotatable bonds is 2. The van der Waals surface area contributed by atoms with Gasteiger partial charge >= 0.3 is 0 Å². The van der Waals surface area contributed by atoms with Crippen LogP contribution in [0.3, 0.4) is 0 Å². The van der Waals surface area contributed by atoms with E-state index in [4.69, 9.17) is 23.2 Å². The van der Waals surface area contributed by atoms with Crippen LogP contribution in [0.1, 0.15) is 11.5 Å². The lowest BCUT2D eigenvalue weighted by Gasteiger charge is -2.37. The van der Waals surface area contributed by atoms with Crippen molar-refractivity contribution in [1.82, 2.24) is 19.6 Å². The number of piperazine rings is 1. The molecule has 0 bridgehead atoms. The smallest absolute Gasteiger partial charge is 0.297 e. The molecule has 3 heterocycles. The Labute approximate surface area is 160 Å². The molecule has 0 saturated carbocycles. The molecule has 1 saturated heterocycles. The van der Waals surface area contributed by atoms with E-state index < -0.39 is 0 Å². The molecule has 0 amide bonds. The Morgan fingerprint density at radius 3 is 2.42 bits per heavy atom. The van der Waals surface area contributed by atoms with Crippen molar-refractivity contribution in [2.24, 2.45) is 0 Å². The lowest BCUT2D eigenvalue weighted by atomic mass is 10.2. The molecule has 9 heteroatoms. The number of nitrogens with one attached hydrogen (secondary N) is 1. The second-order valence-electron chi connectivity index (χ2n) is 6.37. The summed E-state index contributed by atoms with van der Waals surface area (Å²) in [6, 6.07) is 5.52. The largest absolute Gasteiger partial charge is 0.367 e. The molecule has 0 spiro atoms. The molecule has 1 aliphatic heterocycles. The normalized spacial score (nSPS) is 15.1. The number of aromatic amines is 1. The molecule has 0 radical (unpaired) electrons. The highest BCUT2D eigenvalue weighted by molar-refractivity contribution is 6.36. The molecule has 1 aromatic carbocycles. The van der Waals surface area contributed by atoms with Gasteiger partial charge in [0.25, 0.3) is 11.3 Å². The fraction of sp³-hybridized carbons (Fsp3) is 0.353. The van der Waals surface area contributed by atoms with Crippen molar-refractivity contribution in [3.8, 4) is 0 Å². The number of anilines is 2. The summed E-state index contributed by atoms with van der Waals surface area (Å²) >= 11 is 12.3. The maximum absolute atomic E-state index is 12.9. The molecule has 1 fully saturated rings. The first kappa shape index (κ1) is 17.2. The van der Waals surface area contributed by atoms with E-state index in [0.29, 0.717) is 46.1 Å². The number of aryl methyl sites for hydroxylation is 2. The predicted molar refractivity (Wildman–Crippen MR) is 104 cm³/mol. The van der Waals surface area contributed by atoms with Gasteiger partial charge in [-0.3, -0.25) is 9.89 Å². The third-order valence-corrected chi connectivity index (χ3v) is 5.14. The number of halogens is 2. The van der Waals surface area contributed by atoms with Crippen molar-refractivity contribution in [1.29, 1.82) is 0 Å². The molecular weight excluding hydrogens is 375 g/mol. The van der Waals surface area contributed by atoms with Gasteiger partial charge in [0.2, 0.25) is 0 Å². The zero-order valence-corrected chi connectivity index (χ0v) is 16.0. The van der Waals surface area contributed by atoms with Crippen LogP contribution in [-0.2, 0) is 0 Å². The summed E-state index contributed by atoms with van der Waals surface area (Å²) in [7, 11) is 0. The van der Waals surface area contributed by atoms with Gasteiger partial charge in [0.05, 0.1) is 16.4 Å². The van der Waals surface area contributed by atoms with E-state index in [2.05, 4.69) is 24.9 Å². The van der Waals surface area contributed by atoms with E-state index in [0.717, 1.165) is 18.8 Å². The lowest BCUT2D eigenvalue weighted by Crippen LogP contribution is -2.48. The monoisotopic (exact) mass is 392 g/mol. The number of aromatic nitrogens is 4. The van der Waals surface area contributed by atoms with Gasteiger partial charge in [-0.05, 0) is 32.0 Å². The predicted octanol–water partition coefficient (Wildman–Crippen LogP) is 2.67. The van der Waals surface area contributed by atoms with E-state index in [1.54, 1.807) is 13.0 Å². The first-order valence-electron chi connectivity index (χ1n) is 8.35. The highest BCUT2D eigenvalue weighted by Gasteiger charge is 2.24. The van der Waals surface area contributed by atoms with Crippen LogP contribution in [0.5, 0.6) is 0 Å².